The molecule has 0 spiro atoms. The molecule has 1 fully saturated rings. The first-order valence-electron chi connectivity index (χ1n) is 12.8. The second kappa shape index (κ2) is 14.8. The topological polar surface area (TPSA) is 175 Å². The van der Waals surface area contributed by atoms with Crippen molar-refractivity contribution in [3.63, 3.8) is 0 Å². The van der Waals surface area contributed by atoms with Crippen LogP contribution in [0.5, 0.6) is 0 Å². The number of hydrogen-bond donors (Lipinski definition) is 2. The van der Waals surface area contributed by atoms with Crippen LogP contribution in [-0.2, 0) is 33.5 Å². The summed E-state index contributed by atoms with van der Waals surface area (Å²) in [5.41, 5.74) is 7.36. The number of esters is 2. The Morgan fingerprint density at radius 2 is 2.19 bits per heavy atom. The Hall–Kier alpha value is -4.15. The normalized spacial score (nSPS) is 18.9. The Morgan fingerprint density at radius 3 is 2.86 bits per heavy atom. The van der Waals surface area contributed by atoms with Crippen molar-refractivity contribution in [1.29, 1.82) is 0 Å². The van der Waals surface area contributed by atoms with Crippen LogP contribution < -0.4 is 11.1 Å². The van der Waals surface area contributed by atoms with Crippen molar-refractivity contribution in [2.45, 2.75) is 31.6 Å². The molecule has 2 amide bonds. The van der Waals surface area contributed by atoms with E-state index >= 15 is 0 Å². The molecule has 1 saturated heterocycles. The largest absolute Gasteiger partial charge is 0.426 e. The van der Waals surface area contributed by atoms with Gasteiger partial charge < -0.3 is 25.4 Å². The number of oxime groups is 1. The van der Waals surface area contributed by atoms with Crippen molar-refractivity contribution < 1.29 is 33.5 Å². The molecular formula is C27H28N6O7S3. The zero-order valence-electron chi connectivity index (χ0n) is 23.1. The Morgan fingerprint density at radius 1 is 1.37 bits per heavy atom. The lowest BCUT2D eigenvalue weighted by atomic mass is 10.0. The molecule has 3 atom stereocenters. The maximum absolute atomic E-state index is 13.4. The first kappa shape index (κ1) is 31.8. The Kier molecular flexibility index (Phi) is 11.0. The molecule has 16 heteroatoms. The van der Waals surface area contributed by atoms with Gasteiger partial charge in [-0.1, -0.05) is 23.9 Å². The van der Waals surface area contributed by atoms with Crippen molar-refractivity contribution in [3.05, 3.63) is 70.5 Å². The van der Waals surface area contributed by atoms with E-state index < -0.39 is 41.5 Å². The fourth-order valence-corrected chi connectivity index (χ4v) is 6.77. The minimum absolute atomic E-state index is 0.0469. The number of nitrogens with two attached hydrogens (primary N) is 1. The molecule has 3 N–H and O–H groups in total. The van der Waals surface area contributed by atoms with E-state index in [1.165, 1.54) is 48.3 Å². The van der Waals surface area contributed by atoms with E-state index in [4.69, 9.17) is 20.0 Å². The van der Waals surface area contributed by atoms with E-state index in [1.807, 2.05) is 23.6 Å². The van der Waals surface area contributed by atoms with Gasteiger partial charge in [0.2, 0.25) is 6.29 Å². The lowest BCUT2D eigenvalue weighted by Crippen LogP contribution is -2.71. The number of thiazole rings is 1. The summed E-state index contributed by atoms with van der Waals surface area (Å²) in [7, 11) is 0. The number of amides is 2. The second-order valence-corrected chi connectivity index (χ2v) is 11.8. The van der Waals surface area contributed by atoms with Crippen LogP contribution >= 0.6 is 34.9 Å². The van der Waals surface area contributed by atoms with Gasteiger partial charge in [-0.15, -0.1) is 34.9 Å². The van der Waals surface area contributed by atoms with Gasteiger partial charge in [-0.05, 0) is 28.7 Å². The van der Waals surface area contributed by atoms with Crippen molar-refractivity contribution in [2.24, 2.45) is 5.16 Å². The minimum atomic E-state index is -1.17. The van der Waals surface area contributed by atoms with Crippen molar-refractivity contribution >= 4 is 75.5 Å². The number of nitrogens with one attached hydrogen (secondary N) is 1. The van der Waals surface area contributed by atoms with Gasteiger partial charge in [0.25, 0.3) is 11.8 Å². The first-order valence-corrected chi connectivity index (χ1v) is 15.7. The van der Waals surface area contributed by atoms with Gasteiger partial charge in [0.05, 0.1) is 0 Å². The zero-order valence-corrected chi connectivity index (χ0v) is 25.6. The summed E-state index contributed by atoms with van der Waals surface area (Å²) >= 11 is 3.93. The summed E-state index contributed by atoms with van der Waals surface area (Å²) in [5, 5.41) is 9.59. The Balaban J connectivity index is 1.52. The van der Waals surface area contributed by atoms with Crippen LogP contribution in [0.3, 0.4) is 0 Å². The number of aromatic nitrogens is 2. The van der Waals surface area contributed by atoms with Gasteiger partial charge in [0, 0.05) is 43.1 Å². The highest BCUT2D eigenvalue weighted by Crippen LogP contribution is 2.41. The number of anilines is 1. The molecule has 226 valence electrons. The quantitative estimate of drug-likeness (QED) is 0.0621. The molecule has 4 rings (SSSR count). The average molecular weight is 645 g/mol. The number of nitrogens with zero attached hydrogens (tertiary/aromatic N) is 4. The number of thioether (sulfide) groups is 2. The summed E-state index contributed by atoms with van der Waals surface area (Å²) in [5.74, 6) is -1.90. The molecule has 2 aromatic rings. The first-order chi connectivity index (χ1) is 20.7. The van der Waals surface area contributed by atoms with Crippen LogP contribution in [0.15, 0.2) is 64.4 Å². The number of ether oxygens (including phenoxy) is 2. The average Bonchev–Trinajstić information content (AvgIpc) is 3.41. The van der Waals surface area contributed by atoms with E-state index in [0.29, 0.717) is 17.1 Å². The van der Waals surface area contributed by atoms with E-state index in [1.54, 1.807) is 17.8 Å². The van der Waals surface area contributed by atoms with Crippen molar-refractivity contribution in [3.8, 4) is 0 Å². The molecular weight excluding hydrogens is 617 g/mol. The standard InChI is InChI=1S/C27H28N6O7S3/c1-4-9-38-32-20(19-14-43-27(28)30-19)23(35)31-21-24(36)33-22(26(37)40-16(3)39-15(2)34)18(13-42-25(21)33)12-41-10-7-17-6-5-8-29-11-17/h4-8,10-11,14,16,21,25H,1,9,12-13H2,2-3H3,(H2,28,30)(H,31,35)/b10-7-,32-20+. The summed E-state index contributed by atoms with van der Waals surface area (Å²) in [6, 6.07) is 2.76. The predicted molar refractivity (Wildman–Crippen MR) is 164 cm³/mol. The molecule has 2 aliphatic rings. The summed E-state index contributed by atoms with van der Waals surface area (Å²) in [6.07, 6.45) is 5.57. The van der Waals surface area contributed by atoms with Crippen LogP contribution in [0, 0.1) is 0 Å². The van der Waals surface area contributed by atoms with E-state index in [9.17, 15) is 19.2 Å². The minimum Gasteiger partial charge on any atom is -0.426 e. The van der Waals surface area contributed by atoms with Gasteiger partial charge >= 0.3 is 11.9 Å². The van der Waals surface area contributed by atoms with Gasteiger partial charge in [0.1, 0.15) is 29.4 Å². The molecule has 0 aliphatic carbocycles. The monoisotopic (exact) mass is 644 g/mol. The number of carbonyl (C=O) groups excluding carboxylic acids is 4. The number of β-lactam (4-membered cyclic amide) rings is 1. The third kappa shape index (κ3) is 8.03. The molecule has 0 aromatic carbocycles. The number of carbonyl (C=O) groups is 4. The van der Waals surface area contributed by atoms with E-state index in [0.717, 1.165) is 16.9 Å². The fourth-order valence-electron chi connectivity index (χ4n) is 3.96. The van der Waals surface area contributed by atoms with Gasteiger partial charge in [0.15, 0.2) is 10.8 Å². The lowest BCUT2D eigenvalue weighted by molar-refractivity contribution is -0.182. The van der Waals surface area contributed by atoms with Gasteiger partial charge in [-0.2, -0.15) is 0 Å². The van der Waals surface area contributed by atoms with Crippen LogP contribution in [0.2, 0.25) is 0 Å². The number of fused-ring (bicyclic) bond motifs is 1. The number of nitrogen functional groups attached to an aromatic ring is 1. The summed E-state index contributed by atoms with van der Waals surface area (Å²) < 4.78 is 10.3. The molecule has 0 radical (unpaired) electrons. The maximum Gasteiger partial charge on any atom is 0.358 e. The van der Waals surface area contributed by atoms with Crippen LogP contribution in [-0.4, -0.2) is 80.2 Å². The van der Waals surface area contributed by atoms with Crippen LogP contribution in [0.1, 0.15) is 25.1 Å². The molecule has 0 saturated carbocycles. The molecule has 2 aliphatic heterocycles. The number of hydrogen-bond acceptors (Lipinski definition) is 14. The maximum atomic E-state index is 13.4. The molecule has 13 nitrogen and oxygen atoms in total. The van der Waals surface area contributed by atoms with Crippen molar-refractivity contribution in [1.82, 2.24) is 20.2 Å². The fraction of sp³-hybridized carbons (Fsp3) is 0.296. The molecule has 43 heavy (non-hydrogen) atoms. The van der Waals surface area contributed by atoms with Gasteiger partial charge in [-0.25, -0.2) is 9.78 Å². The third-order valence-electron chi connectivity index (χ3n) is 5.76. The number of rotatable bonds is 13. The highest BCUT2D eigenvalue weighted by Gasteiger charge is 2.54. The molecule has 4 heterocycles. The van der Waals surface area contributed by atoms with Crippen LogP contribution in [0.4, 0.5) is 5.13 Å². The highest BCUT2D eigenvalue weighted by molar-refractivity contribution is 8.02. The summed E-state index contributed by atoms with van der Waals surface area (Å²) in [6.45, 7) is 6.19. The smallest absolute Gasteiger partial charge is 0.358 e. The lowest BCUT2D eigenvalue weighted by Gasteiger charge is -2.49. The SMILES string of the molecule is C=CCO/N=C(/C(=O)NC1C(=O)N2C(C(=O)OC(C)OC(C)=O)=C(CS/C=C\c3cccnc3)CSC12)c1csc(N)n1. The van der Waals surface area contributed by atoms with Crippen molar-refractivity contribution in [2.75, 3.05) is 23.8 Å². The highest BCUT2D eigenvalue weighted by atomic mass is 32.2. The zero-order chi connectivity index (χ0) is 30.9. The van der Waals surface area contributed by atoms with E-state index in [2.05, 4.69) is 27.0 Å². The number of pyridine rings is 1. The Bertz CT molecular complexity index is 1480. The summed E-state index contributed by atoms with van der Waals surface area (Å²) in [4.78, 5) is 65.9. The third-order valence-corrected chi connectivity index (χ3v) is 8.62. The predicted octanol–water partition coefficient (Wildman–Crippen LogP) is 2.54. The molecule has 2 aromatic heterocycles. The van der Waals surface area contributed by atoms with E-state index in [-0.39, 0.29) is 28.8 Å². The Labute approximate surface area is 259 Å². The van der Waals surface area contributed by atoms with Gasteiger partial charge in [-0.3, -0.25) is 24.3 Å². The van der Waals surface area contributed by atoms with Crippen LogP contribution in [0.25, 0.3) is 6.08 Å². The molecule has 3 unspecified atom stereocenters. The second-order valence-electron chi connectivity index (χ2n) is 8.89. The molecule has 0 bridgehead atoms.